The van der Waals surface area contributed by atoms with E-state index in [0.717, 1.165) is 16.7 Å². The van der Waals surface area contributed by atoms with Crippen LogP contribution >= 0.6 is 15.9 Å². The standard InChI is InChI=1S/C13H12BrF2N3O2/c1-18-8(5-11(20)19(2)13(18)21)6-17-12-9(14)3-7(15)4-10(12)16/h3-5,17H,6H2,1-2H3. The van der Waals surface area contributed by atoms with Crippen molar-refractivity contribution in [2.45, 2.75) is 6.54 Å². The molecule has 0 spiro atoms. The van der Waals surface area contributed by atoms with Gasteiger partial charge < -0.3 is 5.32 Å². The molecule has 5 nitrogen and oxygen atoms in total. The number of hydrogen-bond donors (Lipinski definition) is 1. The van der Waals surface area contributed by atoms with E-state index >= 15 is 0 Å². The molecule has 0 unspecified atom stereocenters. The highest BCUT2D eigenvalue weighted by atomic mass is 79.9. The monoisotopic (exact) mass is 359 g/mol. The van der Waals surface area contributed by atoms with Crippen LogP contribution in [0.15, 0.2) is 32.3 Å². The van der Waals surface area contributed by atoms with Crippen molar-refractivity contribution in [3.8, 4) is 0 Å². The smallest absolute Gasteiger partial charge is 0.330 e. The molecule has 0 aliphatic rings. The molecule has 21 heavy (non-hydrogen) atoms. The molecule has 0 atom stereocenters. The van der Waals surface area contributed by atoms with Crippen LogP contribution in [0.2, 0.25) is 0 Å². The van der Waals surface area contributed by atoms with Crippen molar-refractivity contribution in [2.75, 3.05) is 5.32 Å². The zero-order valence-electron chi connectivity index (χ0n) is 11.3. The molecule has 0 aliphatic carbocycles. The average Bonchev–Trinajstić information content (AvgIpc) is 2.40. The van der Waals surface area contributed by atoms with Crippen molar-refractivity contribution in [3.63, 3.8) is 0 Å². The van der Waals surface area contributed by atoms with Gasteiger partial charge in [-0.05, 0) is 22.0 Å². The lowest BCUT2D eigenvalue weighted by Crippen LogP contribution is -2.38. The Labute approximate surface area is 127 Å². The molecule has 0 fully saturated rings. The minimum absolute atomic E-state index is 0.0446. The maximum absolute atomic E-state index is 13.7. The predicted molar refractivity (Wildman–Crippen MR) is 78.3 cm³/mol. The normalized spacial score (nSPS) is 10.7. The minimum atomic E-state index is -0.768. The molecule has 2 aromatic rings. The van der Waals surface area contributed by atoms with E-state index in [1.807, 2.05) is 0 Å². The van der Waals surface area contributed by atoms with Crippen molar-refractivity contribution in [2.24, 2.45) is 14.1 Å². The first-order chi connectivity index (χ1) is 9.81. The lowest BCUT2D eigenvalue weighted by atomic mass is 10.3. The van der Waals surface area contributed by atoms with E-state index in [-0.39, 0.29) is 16.7 Å². The Bertz CT molecular complexity index is 791. The van der Waals surface area contributed by atoms with E-state index in [2.05, 4.69) is 21.2 Å². The molecule has 0 radical (unpaired) electrons. The summed E-state index contributed by atoms with van der Waals surface area (Å²) in [5.41, 5.74) is -0.477. The van der Waals surface area contributed by atoms with Gasteiger partial charge in [-0.3, -0.25) is 13.9 Å². The molecule has 0 saturated carbocycles. The lowest BCUT2D eigenvalue weighted by molar-refractivity contribution is 0.583. The molecule has 1 aromatic heterocycles. The molecule has 0 saturated heterocycles. The molecule has 1 N–H and O–H groups in total. The van der Waals surface area contributed by atoms with Gasteiger partial charge >= 0.3 is 5.69 Å². The number of aromatic nitrogens is 2. The van der Waals surface area contributed by atoms with Crippen molar-refractivity contribution < 1.29 is 8.78 Å². The Morgan fingerprint density at radius 3 is 2.43 bits per heavy atom. The van der Waals surface area contributed by atoms with Gasteiger partial charge in [-0.1, -0.05) is 0 Å². The number of anilines is 1. The molecular weight excluding hydrogens is 348 g/mol. The zero-order valence-corrected chi connectivity index (χ0v) is 12.9. The van der Waals surface area contributed by atoms with Gasteiger partial charge in [0.05, 0.1) is 12.2 Å². The third kappa shape index (κ3) is 3.05. The molecule has 112 valence electrons. The van der Waals surface area contributed by atoms with Gasteiger partial charge in [0.2, 0.25) is 0 Å². The number of benzene rings is 1. The van der Waals surface area contributed by atoms with Crippen LogP contribution in [0, 0.1) is 11.6 Å². The minimum Gasteiger partial charge on any atom is -0.376 e. The predicted octanol–water partition coefficient (Wildman–Crippen LogP) is 1.74. The van der Waals surface area contributed by atoms with Gasteiger partial charge in [-0.2, -0.15) is 0 Å². The summed E-state index contributed by atoms with van der Waals surface area (Å²) in [5, 5.41) is 2.74. The van der Waals surface area contributed by atoms with Crippen LogP contribution < -0.4 is 16.6 Å². The molecule has 1 heterocycles. The van der Waals surface area contributed by atoms with E-state index < -0.39 is 22.9 Å². The Hall–Kier alpha value is -1.96. The molecule has 1 aromatic carbocycles. The van der Waals surface area contributed by atoms with Crippen LogP contribution in [0.1, 0.15) is 5.69 Å². The van der Waals surface area contributed by atoms with Crippen LogP contribution in [0.25, 0.3) is 0 Å². The number of nitrogens with one attached hydrogen (secondary N) is 1. The van der Waals surface area contributed by atoms with Gasteiger partial charge in [-0.15, -0.1) is 0 Å². The van der Waals surface area contributed by atoms with Gasteiger partial charge in [0.25, 0.3) is 5.56 Å². The second-order valence-corrected chi connectivity index (χ2v) is 5.33. The van der Waals surface area contributed by atoms with Crippen LogP contribution in [0.5, 0.6) is 0 Å². The number of nitrogens with zero attached hydrogens (tertiary/aromatic N) is 2. The van der Waals surface area contributed by atoms with Gasteiger partial charge in [-0.25, -0.2) is 13.6 Å². The Kier molecular flexibility index (Phi) is 4.26. The quantitative estimate of drug-likeness (QED) is 0.907. The Morgan fingerprint density at radius 1 is 1.14 bits per heavy atom. The van der Waals surface area contributed by atoms with Crippen LogP contribution in [0.4, 0.5) is 14.5 Å². The van der Waals surface area contributed by atoms with Crippen molar-refractivity contribution in [1.29, 1.82) is 0 Å². The van der Waals surface area contributed by atoms with E-state index in [1.54, 1.807) is 0 Å². The fourth-order valence-electron chi connectivity index (χ4n) is 1.84. The van der Waals surface area contributed by atoms with Crippen molar-refractivity contribution in [3.05, 3.63) is 60.8 Å². The first-order valence-electron chi connectivity index (χ1n) is 5.95. The zero-order chi connectivity index (χ0) is 15.7. The summed E-state index contributed by atoms with van der Waals surface area (Å²) in [7, 11) is 2.88. The highest BCUT2D eigenvalue weighted by Crippen LogP contribution is 2.27. The fraction of sp³-hybridized carbons (Fsp3) is 0.231. The maximum atomic E-state index is 13.7. The summed E-state index contributed by atoms with van der Waals surface area (Å²) >= 11 is 3.05. The number of hydrogen-bond acceptors (Lipinski definition) is 3. The van der Waals surface area contributed by atoms with Crippen molar-refractivity contribution >= 4 is 21.6 Å². The fourth-order valence-corrected chi connectivity index (χ4v) is 2.39. The second kappa shape index (κ2) is 5.80. The Morgan fingerprint density at radius 2 is 1.81 bits per heavy atom. The van der Waals surface area contributed by atoms with Crippen molar-refractivity contribution in [1.82, 2.24) is 9.13 Å². The Balaban J connectivity index is 2.34. The average molecular weight is 360 g/mol. The van der Waals surface area contributed by atoms with E-state index in [4.69, 9.17) is 0 Å². The van der Waals surface area contributed by atoms with E-state index in [1.165, 1.54) is 24.7 Å². The third-order valence-corrected chi connectivity index (χ3v) is 3.70. The summed E-state index contributed by atoms with van der Waals surface area (Å²) in [6.07, 6.45) is 0. The number of halogens is 3. The molecule has 0 bridgehead atoms. The molecule has 0 amide bonds. The van der Waals surface area contributed by atoms with Crippen LogP contribution in [0.3, 0.4) is 0 Å². The summed E-state index contributed by atoms with van der Waals surface area (Å²) < 4.78 is 29.1. The maximum Gasteiger partial charge on any atom is 0.330 e. The largest absolute Gasteiger partial charge is 0.376 e. The molecule has 0 aliphatic heterocycles. The highest BCUT2D eigenvalue weighted by molar-refractivity contribution is 9.10. The van der Waals surface area contributed by atoms with Gasteiger partial charge in [0.1, 0.15) is 11.6 Å². The second-order valence-electron chi connectivity index (χ2n) is 4.47. The number of rotatable bonds is 3. The molecule has 8 heteroatoms. The first kappa shape index (κ1) is 15.4. The molecule has 2 rings (SSSR count). The highest BCUT2D eigenvalue weighted by Gasteiger charge is 2.11. The summed E-state index contributed by atoms with van der Waals surface area (Å²) in [6.45, 7) is 0.0446. The summed E-state index contributed by atoms with van der Waals surface area (Å²) in [6, 6.07) is 3.15. The SMILES string of the molecule is Cn1c(CNc2c(F)cc(F)cc2Br)cc(=O)n(C)c1=O. The summed E-state index contributed by atoms with van der Waals surface area (Å²) in [4.78, 5) is 23.4. The third-order valence-electron chi connectivity index (χ3n) is 3.08. The lowest BCUT2D eigenvalue weighted by Gasteiger charge is -2.13. The molecular formula is C13H12BrF2N3O2. The topological polar surface area (TPSA) is 56.0 Å². The van der Waals surface area contributed by atoms with Gasteiger partial charge in [0.15, 0.2) is 0 Å². The van der Waals surface area contributed by atoms with Crippen LogP contribution in [-0.2, 0) is 20.6 Å². The van der Waals surface area contributed by atoms with E-state index in [0.29, 0.717) is 5.69 Å². The summed E-state index contributed by atoms with van der Waals surface area (Å²) in [5.74, 6) is -1.47. The van der Waals surface area contributed by atoms with Gasteiger partial charge in [0, 0.05) is 36.4 Å². The van der Waals surface area contributed by atoms with E-state index in [9.17, 15) is 18.4 Å². The first-order valence-corrected chi connectivity index (χ1v) is 6.75. The van der Waals surface area contributed by atoms with Crippen LogP contribution in [-0.4, -0.2) is 9.13 Å².